The van der Waals surface area contributed by atoms with Crippen LogP contribution in [0.25, 0.3) is 0 Å². The second-order valence-electron chi connectivity index (χ2n) is 6.41. The number of guanidine groups is 1. The number of ether oxygens (including phenoxy) is 3. The molecule has 0 saturated carbocycles. The fourth-order valence-corrected chi connectivity index (χ4v) is 2.68. The van der Waals surface area contributed by atoms with Gasteiger partial charge in [0, 0.05) is 32.4 Å². The number of aliphatic imine (C=N–C) groups is 1. The van der Waals surface area contributed by atoms with Crippen LogP contribution >= 0.6 is 0 Å². The lowest BCUT2D eigenvalue weighted by Crippen LogP contribution is -2.36. The van der Waals surface area contributed by atoms with Crippen LogP contribution in [0.4, 0.5) is 0 Å². The van der Waals surface area contributed by atoms with Gasteiger partial charge in [0.1, 0.15) is 17.2 Å². The average Bonchev–Trinajstić information content (AvgIpc) is 2.81. The normalized spacial score (nSPS) is 11.0. The highest BCUT2D eigenvalue weighted by Crippen LogP contribution is 2.22. The van der Waals surface area contributed by atoms with E-state index in [4.69, 9.17) is 14.2 Å². The SMILES string of the molecule is CN=C(NCc1ccc(OC)cc1)NCc1ccc(Oc2ccc(OC)cc2)nc1. The fourth-order valence-electron chi connectivity index (χ4n) is 2.68. The zero-order valence-electron chi connectivity index (χ0n) is 17.4. The third-order valence-corrected chi connectivity index (χ3v) is 4.38. The number of hydrogen-bond donors (Lipinski definition) is 2. The van der Waals surface area contributed by atoms with Crippen molar-refractivity contribution in [3.8, 4) is 23.1 Å². The molecule has 3 rings (SSSR count). The van der Waals surface area contributed by atoms with Crippen molar-refractivity contribution >= 4 is 5.96 Å². The molecule has 0 saturated heterocycles. The molecular weight excluding hydrogens is 380 g/mol. The first kappa shape index (κ1) is 21.0. The van der Waals surface area contributed by atoms with Gasteiger partial charge in [-0.1, -0.05) is 18.2 Å². The number of hydrogen-bond acceptors (Lipinski definition) is 5. The van der Waals surface area contributed by atoms with Crippen molar-refractivity contribution in [2.75, 3.05) is 21.3 Å². The monoisotopic (exact) mass is 406 g/mol. The number of rotatable bonds is 8. The molecular formula is C23H26N4O3. The Morgan fingerprint density at radius 1 is 0.767 bits per heavy atom. The zero-order valence-corrected chi connectivity index (χ0v) is 17.4. The van der Waals surface area contributed by atoms with Gasteiger partial charge in [0.25, 0.3) is 0 Å². The molecule has 0 atom stereocenters. The molecule has 30 heavy (non-hydrogen) atoms. The van der Waals surface area contributed by atoms with Crippen molar-refractivity contribution in [2.24, 2.45) is 4.99 Å². The minimum Gasteiger partial charge on any atom is -0.497 e. The summed E-state index contributed by atoms with van der Waals surface area (Å²) in [6.07, 6.45) is 1.78. The van der Waals surface area contributed by atoms with Gasteiger partial charge in [0.15, 0.2) is 5.96 Å². The van der Waals surface area contributed by atoms with Crippen LogP contribution in [0.15, 0.2) is 71.9 Å². The summed E-state index contributed by atoms with van der Waals surface area (Å²) >= 11 is 0. The molecule has 0 aliphatic rings. The quantitative estimate of drug-likeness (QED) is 0.438. The van der Waals surface area contributed by atoms with Crippen LogP contribution in [0.5, 0.6) is 23.1 Å². The summed E-state index contributed by atoms with van der Waals surface area (Å²) in [6, 6.07) is 19.1. The van der Waals surface area contributed by atoms with Crippen LogP contribution < -0.4 is 24.8 Å². The minimum atomic E-state index is 0.533. The summed E-state index contributed by atoms with van der Waals surface area (Å²) in [7, 11) is 5.03. The average molecular weight is 406 g/mol. The van der Waals surface area contributed by atoms with Crippen LogP contribution in [-0.4, -0.2) is 32.2 Å². The molecule has 2 N–H and O–H groups in total. The number of methoxy groups -OCH3 is 2. The molecule has 0 unspecified atom stereocenters. The molecule has 0 radical (unpaired) electrons. The van der Waals surface area contributed by atoms with Gasteiger partial charge < -0.3 is 24.8 Å². The summed E-state index contributed by atoms with van der Waals surface area (Å²) in [5.74, 6) is 3.58. The molecule has 2 aromatic carbocycles. The second kappa shape index (κ2) is 10.7. The maximum atomic E-state index is 5.75. The first-order valence-corrected chi connectivity index (χ1v) is 9.54. The highest BCUT2D eigenvalue weighted by molar-refractivity contribution is 5.79. The Morgan fingerprint density at radius 3 is 1.83 bits per heavy atom. The molecule has 7 heteroatoms. The number of nitrogens with zero attached hydrogens (tertiary/aromatic N) is 2. The van der Waals surface area contributed by atoms with Crippen molar-refractivity contribution < 1.29 is 14.2 Å². The molecule has 7 nitrogen and oxygen atoms in total. The molecule has 0 fully saturated rings. The van der Waals surface area contributed by atoms with E-state index < -0.39 is 0 Å². The van der Waals surface area contributed by atoms with E-state index >= 15 is 0 Å². The Labute approximate surface area is 176 Å². The third-order valence-electron chi connectivity index (χ3n) is 4.38. The molecule has 0 bridgehead atoms. The first-order valence-electron chi connectivity index (χ1n) is 9.54. The van der Waals surface area contributed by atoms with E-state index in [0.717, 1.165) is 22.6 Å². The molecule has 1 aromatic heterocycles. The van der Waals surface area contributed by atoms with E-state index in [1.165, 1.54) is 0 Å². The lowest BCUT2D eigenvalue weighted by Gasteiger charge is -2.12. The van der Waals surface area contributed by atoms with E-state index in [-0.39, 0.29) is 0 Å². The fraction of sp³-hybridized carbons (Fsp3) is 0.217. The molecule has 3 aromatic rings. The zero-order chi connectivity index (χ0) is 21.2. The third kappa shape index (κ3) is 6.13. The van der Waals surface area contributed by atoms with Gasteiger partial charge in [-0.3, -0.25) is 4.99 Å². The number of aromatic nitrogens is 1. The van der Waals surface area contributed by atoms with Crippen LogP contribution in [-0.2, 0) is 13.1 Å². The lowest BCUT2D eigenvalue weighted by atomic mass is 10.2. The second-order valence-corrected chi connectivity index (χ2v) is 6.41. The molecule has 0 aliphatic heterocycles. The van der Waals surface area contributed by atoms with Crippen molar-refractivity contribution in [2.45, 2.75) is 13.1 Å². The Kier molecular flexibility index (Phi) is 7.49. The molecule has 0 aliphatic carbocycles. The van der Waals surface area contributed by atoms with Crippen LogP contribution in [0, 0.1) is 0 Å². The summed E-state index contributed by atoms with van der Waals surface area (Å²) in [6.45, 7) is 1.26. The topological polar surface area (TPSA) is 77.0 Å². The Morgan fingerprint density at radius 2 is 1.30 bits per heavy atom. The molecule has 0 amide bonds. The van der Waals surface area contributed by atoms with Crippen molar-refractivity contribution in [3.05, 3.63) is 78.0 Å². The minimum absolute atomic E-state index is 0.533. The number of nitrogens with one attached hydrogen (secondary N) is 2. The van der Waals surface area contributed by atoms with E-state index in [0.29, 0.717) is 30.7 Å². The van der Waals surface area contributed by atoms with Crippen molar-refractivity contribution in [3.63, 3.8) is 0 Å². The van der Waals surface area contributed by atoms with Gasteiger partial charge in [-0.15, -0.1) is 0 Å². The maximum absolute atomic E-state index is 5.75. The molecule has 1 heterocycles. The van der Waals surface area contributed by atoms with Gasteiger partial charge >= 0.3 is 0 Å². The van der Waals surface area contributed by atoms with Gasteiger partial charge in [0.05, 0.1) is 14.2 Å². The Balaban J connectivity index is 1.47. The van der Waals surface area contributed by atoms with Gasteiger partial charge in [-0.2, -0.15) is 0 Å². The predicted octanol–water partition coefficient (Wildman–Crippen LogP) is 3.76. The standard InChI is InChI=1S/C23H26N4O3/c1-24-23(26-14-17-4-7-19(28-2)8-5-17)27-16-18-6-13-22(25-15-18)30-21-11-9-20(29-3)10-12-21/h4-13,15H,14,16H2,1-3H3,(H2,24,26,27). The Bertz CT molecular complexity index is 940. The van der Waals surface area contributed by atoms with Crippen molar-refractivity contribution in [1.29, 1.82) is 0 Å². The summed E-state index contributed by atoms with van der Waals surface area (Å²) in [5.41, 5.74) is 2.16. The highest BCUT2D eigenvalue weighted by atomic mass is 16.5. The summed E-state index contributed by atoms with van der Waals surface area (Å²) in [4.78, 5) is 8.62. The lowest BCUT2D eigenvalue weighted by molar-refractivity contribution is 0.412. The number of benzene rings is 2. The predicted molar refractivity (Wildman–Crippen MR) is 117 cm³/mol. The van der Waals surface area contributed by atoms with Gasteiger partial charge in [-0.05, 0) is 47.5 Å². The van der Waals surface area contributed by atoms with Gasteiger partial charge in [-0.25, -0.2) is 4.98 Å². The summed E-state index contributed by atoms with van der Waals surface area (Å²) in [5, 5.41) is 6.57. The molecule has 156 valence electrons. The highest BCUT2D eigenvalue weighted by Gasteiger charge is 2.03. The van der Waals surface area contributed by atoms with Crippen LogP contribution in [0.1, 0.15) is 11.1 Å². The Hall–Kier alpha value is -3.74. The summed E-state index contributed by atoms with van der Waals surface area (Å²) < 4.78 is 16.1. The van der Waals surface area contributed by atoms with E-state index in [1.54, 1.807) is 27.5 Å². The maximum Gasteiger partial charge on any atom is 0.219 e. The molecule has 0 spiro atoms. The van der Waals surface area contributed by atoms with Gasteiger partial charge in [0.2, 0.25) is 5.88 Å². The number of pyridine rings is 1. The van der Waals surface area contributed by atoms with E-state index in [1.807, 2.05) is 60.7 Å². The smallest absolute Gasteiger partial charge is 0.219 e. The van der Waals surface area contributed by atoms with E-state index in [2.05, 4.69) is 20.6 Å². The first-order chi connectivity index (χ1) is 14.7. The van der Waals surface area contributed by atoms with Crippen molar-refractivity contribution in [1.82, 2.24) is 15.6 Å². The van der Waals surface area contributed by atoms with Crippen LogP contribution in [0.2, 0.25) is 0 Å². The largest absolute Gasteiger partial charge is 0.497 e. The van der Waals surface area contributed by atoms with Crippen LogP contribution in [0.3, 0.4) is 0 Å². The van der Waals surface area contributed by atoms with E-state index in [9.17, 15) is 0 Å².